The van der Waals surface area contributed by atoms with E-state index in [9.17, 15) is 38.7 Å². The lowest BCUT2D eigenvalue weighted by Gasteiger charge is -2.48. The molecule has 0 radical (unpaired) electrons. The molecule has 1 N–H and O–H groups in total. The van der Waals surface area contributed by atoms with E-state index in [4.69, 9.17) is 52.1 Å². The van der Waals surface area contributed by atoms with E-state index < -0.39 is 116 Å². The average molecular weight is 695 g/mol. The monoisotopic (exact) mass is 694 g/mol. The fourth-order valence-corrected chi connectivity index (χ4v) is 4.87. The first kappa shape index (κ1) is 40.3. The normalized spacial score (nSPS) is 29.8. The third kappa shape index (κ3) is 12.6. The summed E-state index contributed by atoms with van der Waals surface area (Å²) in [7, 11) is 0. The van der Waals surface area contributed by atoms with E-state index in [-0.39, 0.29) is 19.6 Å². The number of carbonyl (C=O) groups is 7. The summed E-state index contributed by atoms with van der Waals surface area (Å²) >= 11 is 0. The van der Waals surface area contributed by atoms with Gasteiger partial charge in [0.15, 0.2) is 43.1 Å². The third-order valence-electron chi connectivity index (χ3n) is 6.47. The second-order valence-corrected chi connectivity index (χ2v) is 10.6. The molecule has 19 heteroatoms. The van der Waals surface area contributed by atoms with Crippen LogP contribution in [-0.4, -0.2) is 135 Å². The van der Waals surface area contributed by atoms with Crippen LogP contribution in [-0.2, 0) is 85.7 Å². The molecule has 272 valence electrons. The minimum absolute atomic E-state index is 0.1000. The van der Waals surface area contributed by atoms with Crippen molar-refractivity contribution in [3.8, 4) is 0 Å². The lowest BCUT2D eigenvalue weighted by atomic mass is 9.96. The number of ether oxygens (including phenoxy) is 11. The zero-order valence-electron chi connectivity index (χ0n) is 27.6. The minimum atomic E-state index is -1.79. The van der Waals surface area contributed by atoms with E-state index in [1.165, 1.54) is 0 Å². The highest BCUT2D eigenvalue weighted by Gasteiger charge is 2.57. The van der Waals surface area contributed by atoms with Gasteiger partial charge >= 0.3 is 41.8 Å². The Morgan fingerprint density at radius 2 is 0.875 bits per heavy atom. The zero-order chi connectivity index (χ0) is 36.1. The van der Waals surface area contributed by atoms with Crippen molar-refractivity contribution in [2.45, 2.75) is 116 Å². The first-order valence-electron chi connectivity index (χ1n) is 14.9. The van der Waals surface area contributed by atoms with Crippen LogP contribution in [0.2, 0.25) is 0 Å². The van der Waals surface area contributed by atoms with Crippen LogP contribution in [0.4, 0.5) is 0 Å². The minimum Gasteiger partial charge on any atom is -0.463 e. The van der Waals surface area contributed by atoms with Gasteiger partial charge < -0.3 is 57.2 Å². The summed E-state index contributed by atoms with van der Waals surface area (Å²) in [5, 5.41) is 9.23. The SMILES string of the molecule is CC(=O)OCC1OC(OCCCO)[C@H](OC(C)=O)C(OC(C)=O)C1O[C@H]1OC(COC(C)=O)[C@@H](OC(C)=O)[C@H](OC(C)=O)[C@H]1OC(C)=O. The molecule has 48 heavy (non-hydrogen) atoms. The molecular formula is C29H42O19. The Morgan fingerprint density at radius 3 is 1.31 bits per heavy atom. The van der Waals surface area contributed by atoms with E-state index in [0.717, 1.165) is 48.5 Å². The average Bonchev–Trinajstić information content (AvgIpc) is 2.95. The van der Waals surface area contributed by atoms with Crippen LogP contribution < -0.4 is 0 Å². The van der Waals surface area contributed by atoms with Crippen LogP contribution in [0, 0.1) is 0 Å². The molecule has 5 unspecified atom stereocenters. The summed E-state index contributed by atoms with van der Waals surface area (Å²) < 4.78 is 61.4. The van der Waals surface area contributed by atoms with E-state index in [1.54, 1.807) is 0 Å². The van der Waals surface area contributed by atoms with E-state index in [0.29, 0.717) is 0 Å². The largest absolute Gasteiger partial charge is 0.463 e. The molecule has 0 bridgehead atoms. The van der Waals surface area contributed by atoms with Gasteiger partial charge in [-0.15, -0.1) is 0 Å². The first-order chi connectivity index (χ1) is 22.5. The number of hydrogen-bond donors (Lipinski definition) is 1. The molecule has 19 nitrogen and oxygen atoms in total. The Kier molecular flexibility index (Phi) is 16.1. The molecule has 10 atom stereocenters. The van der Waals surface area contributed by atoms with Gasteiger partial charge in [0.1, 0.15) is 31.5 Å². The maximum absolute atomic E-state index is 12.4. The number of aliphatic hydroxyl groups is 1. The molecule has 2 heterocycles. The molecule has 0 saturated carbocycles. The van der Waals surface area contributed by atoms with Crippen LogP contribution >= 0.6 is 0 Å². The zero-order valence-corrected chi connectivity index (χ0v) is 27.6. The Bertz CT molecular complexity index is 1160. The highest BCUT2D eigenvalue weighted by atomic mass is 16.8. The molecule has 2 rings (SSSR count). The van der Waals surface area contributed by atoms with Crippen molar-refractivity contribution in [2.75, 3.05) is 26.4 Å². The van der Waals surface area contributed by atoms with Crippen molar-refractivity contribution in [3.05, 3.63) is 0 Å². The predicted octanol–water partition coefficient (Wildman–Crippen LogP) is -0.995. The Balaban J connectivity index is 2.71. The highest BCUT2D eigenvalue weighted by molar-refractivity contribution is 5.69. The van der Waals surface area contributed by atoms with Crippen molar-refractivity contribution in [3.63, 3.8) is 0 Å². The second-order valence-electron chi connectivity index (χ2n) is 10.6. The molecule has 0 aromatic heterocycles. The summed E-state index contributed by atoms with van der Waals surface area (Å²) in [5.41, 5.74) is 0. The second kappa shape index (κ2) is 19.2. The topological polar surface area (TPSA) is 241 Å². The summed E-state index contributed by atoms with van der Waals surface area (Å²) in [5.74, 6) is -5.90. The van der Waals surface area contributed by atoms with Crippen LogP contribution in [0.15, 0.2) is 0 Å². The Labute approximate surface area is 275 Å². The summed E-state index contributed by atoms with van der Waals surface area (Å²) in [6, 6.07) is 0. The first-order valence-corrected chi connectivity index (χ1v) is 14.9. The summed E-state index contributed by atoms with van der Waals surface area (Å²) in [4.78, 5) is 84.7. The van der Waals surface area contributed by atoms with Crippen LogP contribution in [0.5, 0.6) is 0 Å². The van der Waals surface area contributed by atoms with Gasteiger partial charge in [-0.1, -0.05) is 0 Å². The fraction of sp³-hybridized carbons (Fsp3) is 0.759. The van der Waals surface area contributed by atoms with E-state index in [1.807, 2.05) is 0 Å². The van der Waals surface area contributed by atoms with Crippen molar-refractivity contribution in [2.24, 2.45) is 0 Å². The predicted molar refractivity (Wildman–Crippen MR) is 151 cm³/mol. The molecular weight excluding hydrogens is 652 g/mol. The van der Waals surface area contributed by atoms with E-state index in [2.05, 4.69) is 0 Å². The van der Waals surface area contributed by atoms with Crippen LogP contribution in [0.3, 0.4) is 0 Å². The molecule has 0 aromatic carbocycles. The third-order valence-corrected chi connectivity index (χ3v) is 6.47. The van der Waals surface area contributed by atoms with Crippen molar-refractivity contribution < 1.29 is 90.8 Å². The molecule has 2 aliphatic heterocycles. The van der Waals surface area contributed by atoms with Gasteiger partial charge in [-0.05, 0) is 6.42 Å². The molecule has 0 spiro atoms. The molecule has 2 fully saturated rings. The molecule has 2 aliphatic rings. The van der Waals surface area contributed by atoms with Gasteiger partial charge in [0.25, 0.3) is 0 Å². The number of aliphatic hydroxyl groups excluding tert-OH is 1. The lowest BCUT2D eigenvalue weighted by molar-refractivity contribution is -0.361. The number of rotatable bonds is 15. The fourth-order valence-electron chi connectivity index (χ4n) is 4.87. The van der Waals surface area contributed by atoms with Crippen molar-refractivity contribution in [1.82, 2.24) is 0 Å². The molecule has 2 saturated heterocycles. The maximum Gasteiger partial charge on any atom is 0.303 e. The number of esters is 7. The van der Waals surface area contributed by atoms with Gasteiger partial charge in [0.05, 0.1) is 6.61 Å². The summed E-state index contributed by atoms with van der Waals surface area (Å²) in [6.07, 6.45) is -15.3. The Morgan fingerprint density at radius 1 is 0.500 bits per heavy atom. The highest BCUT2D eigenvalue weighted by Crippen LogP contribution is 2.35. The van der Waals surface area contributed by atoms with Crippen LogP contribution in [0.25, 0.3) is 0 Å². The molecule has 0 aromatic rings. The molecule has 0 aliphatic carbocycles. The lowest BCUT2D eigenvalue weighted by Crippen LogP contribution is -2.67. The van der Waals surface area contributed by atoms with Gasteiger partial charge in [0.2, 0.25) is 0 Å². The van der Waals surface area contributed by atoms with Gasteiger partial charge in [-0.2, -0.15) is 0 Å². The number of hydrogen-bond acceptors (Lipinski definition) is 19. The van der Waals surface area contributed by atoms with Gasteiger partial charge in [-0.25, -0.2) is 0 Å². The quantitative estimate of drug-likeness (QED) is 0.123. The van der Waals surface area contributed by atoms with Crippen molar-refractivity contribution >= 4 is 41.8 Å². The smallest absolute Gasteiger partial charge is 0.303 e. The summed E-state index contributed by atoms with van der Waals surface area (Å²) in [6.45, 7) is 5.95. The van der Waals surface area contributed by atoms with E-state index >= 15 is 0 Å². The maximum atomic E-state index is 12.4. The van der Waals surface area contributed by atoms with Gasteiger partial charge in [0, 0.05) is 55.1 Å². The Hall–Kier alpha value is -3.91. The van der Waals surface area contributed by atoms with Gasteiger partial charge in [-0.3, -0.25) is 33.6 Å². The van der Waals surface area contributed by atoms with Crippen molar-refractivity contribution in [1.29, 1.82) is 0 Å². The number of carbonyl (C=O) groups excluding carboxylic acids is 7. The molecule has 0 amide bonds. The van der Waals surface area contributed by atoms with Crippen LogP contribution in [0.1, 0.15) is 54.9 Å². The standard InChI is InChI=1S/C29H42O19/c1-13(31)39-11-20-22(41-15(3)33)24(42-16(4)34)27(45-19(7)37)29(47-20)48-23-21(12-40-14(2)32)46-28(38-10-8-9-30)26(44-18(6)36)25(23)43-17(5)35/h20-30H,8-12H2,1-7H3/t20?,21?,22-,23?,24+,25?,26-,27-,28?,29-/m1/s1.